The van der Waals surface area contributed by atoms with E-state index < -0.39 is 5.97 Å². The zero-order valence-electron chi connectivity index (χ0n) is 12.3. The van der Waals surface area contributed by atoms with E-state index in [1.165, 1.54) is 12.1 Å². The number of benzene rings is 1. The molecule has 0 saturated carbocycles. The van der Waals surface area contributed by atoms with Crippen molar-refractivity contribution >= 4 is 17.8 Å². The van der Waals surface area contributed by atoms with Crippen LogP contribution >= 0.6 is 0 Å². The average Bonchev–Trinajstić information content (AvgIpc) is 2.53. The molecule has 1 atom stereocenters. The number of carbonyl (C=O) groups is 3. The number of piperidine rings is 1. The van der Waals surface area contributed by atoms with Crippen LogP contribution in [0.2, 0.25) is 0 Å². The van der Waals surface area contributed by atoms with Crippen LogP contribution in [0.15, 0.2) is 24.3 Å². The molecular formula is C16H20N2O4. The van der Waals surface area contributed by atoms with Crippen LogP contribution in [0.5, 0.6) is 0 Å². The minimum atomic E-state index is -0.964. The van der Waals surface area contributed by atoms with Crippen molar-refractivity contribution in [3.63, 3.8) is 0 Å². The molecule has 1 fully saturated rings. The van der Waals surface area contributed by atoms with Crippen molar-refractivity contribution in [2.24, 2.45) is 11.7 Å². The Bertz CT molecular complexity index is 568. The zero-order chi connectivity index (χ0) is 16.1. The first-order valence-electron chi connectivity index (χ1n) is 7.36. The van der Waals surface area contributed by atoms with Crippen molar-refractivity contribution in [1.82, 2.24) is 4.90 Å². The Morgan fingerprint density at radius 1 is 1.23 bits per heavy atom. The molecule has 0 radical (unpaired) electrons. The number of primary amides is 1. The van der Waals surface area contributed by atoms with Gasteiger partial charge in [-0.3, -0.25) is 9.59 Å². The van der Waals surface area contributed by atoms with E-state index in [1.807, 2.05) is 0 Å². The summed E-state index contributed by atoms with van der Waals surface area (Å²) in [6, 6.07) is 6.51. The Morgan fingerprint density at radius 3 is 2.50 bits per heavy atom. The topological polar surface area (TPSA) is 101 Å². The van der Waals surface area contributed by atoms with E-state index in [0.717, 1.165) is 18.4 Å². The van der Waals surface area contributed by atoms with Crippen LogP contribution in [-0.2, 0) is 16.0 Å². The summed E-state index contributed by atoms with van der Waals surface area (Å²) in [6.07, 6.45) is 2.44. The molecule has 6 heteroatoms. The minimum Gasteiger partial charge on any atom is -0.478 e. The number of rotatable bonds is 5. The molecule has 0 aromatic heterocycles. The average molecular weight is 304 g/mol. The first-order valence-corrected chi connectivity index (χ1v) is 7.36. The smallest absolute Gasteiger partial charge is 0.335 e. The lowest BCUT2D eigenvalue weighted by Gasteiger charge is -2.31. The molecule has 1 heterocycles. The molecule has 0 spiro atoms. The molecule has 0 aliphatic carbocycles. The third-order valence-corrected chi connectivity index (χ3v) is 4.00. The number of nitrogens with zero attached hydrogens (tertiary/aromatic N) is 1. The number of amides is 2. The van der Waals surface area contributed by atoms with Gasteiger partial charge in [0.15, 0.2) is 0 Å². The highest BCUT2D eigenvalue weighted by molar-refractivity contribution is 5.87. The molecule has 1 aliphatic rings. The van der Waals surface area contributed by atoms with Crippen LogP contribution in [0.4, 0.5) is 0 Å². The Kier molecular flexibility index (Phi) is 5.14. The predicted molar refractivity (Wildman–Crippen MR) is 80.2 cm³/mol. The zero-order valence-corrected chi connectivity index (χ0v) is 12.3. The molecule has 1 saturated heterocycles. The number of carboxylic acid groups (broad SMARTS) is 1. The number of aromatic carboxylic acids is 1. The fourth-order valence-corrected chi connectivity index (χ4v) is 2.66. The molecule has 0 unspecified atom stereocenters. The molecule has 1 aromatic rings. The van der Waals surface area contributed by atoms with Crippen molar-refractivity contribution in [3.05, 3.63) is 35.4 Å². The van der Waals surface area contributed by atoms with Gasteiger partial charge < -0.3 is 15.7 Å². The van der Waals surface area contributed by atoms with Gasteiger partial charge in [-0.2, -0.15) is 0 Å². The molecule has 118 valence electrons. The van der Waals surface area contributed by atoms with Crippen molar-refractivity contribution < 1.29 is 19.5 Å². The quantitative estimate of drug-likeness (QED) is 0.848. The van der Waals surface area contributed by atoms with Crippen molar-refractivity contribution in [2.45, 2.75) is 25.7 Å². The standard InChI is InChI=1S/C16H20N2O4/c17-15(20)13-2-1-9-18(10-13)14(19)8-5-11-3-6-12(7-4-11)16(21)22/h3-4,6-7,13H,1-2,5,8-10H2,(H2,17,20)(H,21,22)/t13-/m1/s1. The third kappa shape index (κ3) is 4.07. The van der Waals surface area contributed by atoms with Gasteiger partial charge in [-0.05, 0) is 37.0 Å². The third-order valence-electron chi connectivity index (χ3n) is 4.00. The summed E-state index contributed by atoms with van der Waals surface area (Å²) in [5.41, 5.74) is 6.46. The van der Waals surface area contributed by atoms with Gasteiger partial charge in [-0.25, -0.2) is 4.79 Å². The van der Waals surface area contributed by atoms with E-state index in [-0.39, 0.29) is 23.3 Å². The summed E-state index contributed by atoms with van der Waals surface area (Å²) in [5.74, 6) is -1.55. The first-order chi connectivity index (χ1) is 10.5. The van der Waals surface area contributed by atoms with Gasteiger partial charge in [0.25, 0.3) is 0 Å². The predicted octanol–water partition coefficient (Wildman–Crippen LogP) is 1.04. The van der Waals surface area contributed by atoms with Crippen LogP contribution in [0.25, 0.3) is 0 Å². The van der Waals surface area contributed by atoms with E-state index in [4.69, 9.17) is 10.8 Å². The highest BCUT2D eigenvalue weighted by atomic mass is 16.4. The summed E-state index contributed by atoms with van der Waals surface area (Å²) < 4.78 is 0. The van der Waals surface area contributed by atoms with Gasteiger partial charge in [0.05, 0.1) is 11.5 Å². The fraction of sp³-hybridized carbons (Fsp3) is 0.438. The van der Waals surface area contributed by atoms with Gasteiger partial charge in [0.1, 0.15) is 0 Å². The highest BCUT2D eigenvalue weighted by Gasteiger charge is 2.26. The fourth-order valence-electron chi connectivity index (χ4n) is 2.66. The Hall–Kier alpha value is -2.37. The van der Waals surface area contributed by atoms with E-state index in [9.17, 15) is 14.4 Å². The molecule has 2 rings (SSSR count). The lowest BCUT2D eigenvalue weighted by atomic mass is 9.97. The van der Waals surface area contributed by atoms with Crippen molar-refractivity contribution in [3.8, 4) is 0 Å². The van der Waals surface area contributed by atoms with E-state index in [2.05, 4.69) is 0 Å². The number of carboxylic acids is 1. The highest BCUT2D eigenvalue weighted by Crippen LogP contribution is 2.17. The summed E-state index contributed by atoms with van der Waals surface area (Å²) in [6.45, 7) is 1.08. The van der Waals surface area contributed by atoms with Crippen LogP contribution in [0.1, 0.15) is 35.2 Å². The second-order valence-electron chi connectivity index (χ2n) is 5.58. The maximum Gasteiger partial charge on any atom is 0.335 e. The lowest BCUT2D eigenvalue weighted by molar-refractivity contribution is -0.134. The van der Waals surface area contributed by atoms with Crippen LogP contribution in [0.3, 0.4) is 0 Å². The van der Waals surface area contributed by atoms with Gasteiger partial charge in [-0.1, -0.05) is 12.1 Å². The monoisotopic (exact) mass is 304 g/mol. The van der Waals surface area contributed by atoms with Crippen molar-refractivity contribution in [2.75, 3.05) is 13.1 Å². The maximum atomic E-state index is 12.2. The van der Waals surface area contributed by atoms with Gasteiger partial charge in [0, 0.05) is 19.5 Å². The van der Waals surface area contributed by atoms with Crippen molar-refractivity contribution in [1.29, 1.82) is 0 Å². The second-order valence-corrected chi connectivity index (χ2v) is 5.58. The Labute approximate surface area is 128 Å². The van der Waals surface area contributed by atoms with E-state index in [0.29, 0.717) is 25.9 Å². The minimum absolute atomic E-state index is 0.00765. The number of carbonyl (C=O) groups excluding carboxylic acids is 2. The molecule has 6 nitrogen and oxygen atoms in total. The number of likely N-dealkylation sites (tertiary alicyclic amines) is 1. The molecule has 22 heavy (non-hydrogen) atoms. The number of nitrogens with two attached hydrogens (primary N) is 1. The summed E-state index contributed by atoms with van der Waals surface area (Å²) in [7, 11) is 0. The van der Waals surface area contributed by atoms with Crippen LogP contribution in [-0.4, -0.2) is 40.9 Å². The Morgan fingerprint density at radius 2 is 1.91 bits per heavy atom. The van der Waals surface area contributed by atoms with Gasteiger partial charge in [0.2, 0.25) is 11.8 Å². The molecular weight excluding hydrogens is 284 g/mol. The molecule has 3 N–H and O–H groups in total. The number of hydrogen-bond acceptors (Lipinski definition) is 3. The van der Waals surface area contributed by atoms with E-state index in [1.54, 1.807) is 17.0 Å². The summed E-state index contributed by atoms with van der Waals surface area (Å²) in [4.78, 5) is 35.9. The SMILES string of the molecule is NC(=O)[C@@H]1CCCN(C(=O)CCc2ccc(C(=O)O)cc2)C1. The normalized spacial score (nSPS) is 18.0. The Balaban J connectivity index is 1.86. The van der Waals surface area contributed by atoms with Gasteiger partial charge >= 0.3 is 5.97 Å². The van der Waals surface area contributed by atoms with Crippen LogP contribution in [0, 0.1) is 5.92 Å². The molecule has 0 bridgehead atoms. The van der Waals surface area contributed by atoms with Crippen LogP contribution < -0.4 is 5.73 Å². The van der Waals surface area contributed by atoms with Gasteiger partial charge in [-0.15, -0.1) is 0 Å². The summed E-state index contributed by atoms with van der Waals surface area (Å²) in [5, 5.41) is 8.84. The molecule has 1 aliphatic heterocycles. The second kappa shape index (κ2) is 7.06. The van der Waals surface area contributed by atoms with E-state index >= 15 is 0 Å². The molecule has 1 aromatic carbocycles. The summed E-state index contributed by atoms with van der Waals surface area (Å²) >= 11 is 0. The largest absolute Gasteiger partial charge is 0.478 e. The first kappa shape index (κ1) is 16.0. The maximum absolute atomic E-state index is 12.2. The number of aryl methyl sites for hydroxylation is 1. The number of hydrogen-bond donors (Lipinski definition) is 2. The molecule has 2 amide bonds. The lowest BCUT2D eigenvalue weighted by Crippen LogP contribution is -2.44.